The molecule has 1 aliphatic rings. The van der Waals surface area contributed by atoms with Crippen LogP contribution in [-0.4, -0.2) is 35.0 Å². The number of carbonyl (C=O) groups excluding carboxylic acids is 1. The van der Waals surface area contributed by atoms with Gasteiger partial charge in [0.2, 0.25) is 0 Å². The third kappa shape index (κ3) is 3.72. The highest BCUT2D eigenvalue weighted by atomic mass is 19.1. The van der Waals surface area contributed by atoms with Gasteiger partial charge in [0.1, 0.15) is 5.52 Å². The summed E-state index contributed by atoms with van der Waals surface area (Å²) in [5.74, 6) is 0.501. The van der Waals surface area contributed by atoms with Crippen molar-refractivity contribution >= 4 is 17.0 Å². The average molecular weight is 382 g/mol. The van der Waals surface area contributed by atoms with Crippen molar-refractivity contribution in [2.45, 2.75) is 38.2 Å². The lowest BCUT2D eigenvalue weighted by atomic mass is 9.96. The normalized spacial score (nSPS) is 16.3. The molecule has 1 amide bonds. The van der Waals surface area contributed by atoms with Crippen LogP contribution >= 0.6 is 0 Å². The van der Waals surface area contributed by atoms with Gasteiger partial charge in [-0.1, -0.05) is 31.2 Å². The van der Waals surface area contributed by atoms with Crippen LogP contribution in [0.1, 0.15) is 38.0 Å². The van der Waals surface area contributed by atoms with Crippen LogP contribution in [0, 0.1) is 5.82 Å². The van der Waals surface area contributed by atoms with Crippen LogP contribution in [-0.2, 0) is 4.79 Å². The number of ether oxygens (including phenoxy) is 1. The smallest absolute Gasteiger partial charge is 0.263 e. The maximum atomic E-state index is 13.9. The van der Waals surface area contributed by atoms with E-state index in [-0.39, 0.29) is 17.6 Å². The van der Waals surface area contributed by atoms with Gasteiger partial charge in [-0.05, 0) is 43.5 Å². The Kier molecular flexibility index (Phi) is 5.28. The monoisotopic (exact) mass is 382 g/mol. The highest BCUT2D eigenvalue weighted by Crippen LogP contribution is 2.30. The second kappa shape index (κ2) is 8.00. The number of hydrogen-bond donors (Lipinski definition) is 0. The average Bonchev–Trinajstić information content (AvgIpc) is 3.17. The van der Waals surface area contributed by atoms with Crippen molar-refractivity contribution in [3.05, 3.63) is 60.2 Å². The lowest BCUT2D eigenvalue weighted by Crippen LogP contribution is -2.45. The van der Waals surface area contributed by atoms with Crippen molar-refractivity contribution in [1.82, 2.24) is 9.88 Å². The first-order chi connectivity index (χ1) is 13.7. The summed E-state index contributed by atoms with van der Waals surface area (Å²) >= 11 is 0. The number of benzene rings is 2. The minimum Gasteiger partial charge on any atom is -0.478 e. The summed E-state index contributed by atoms with van der Waals surface area (Å²) in [6.45, 7) is 3.09. The molecule has 1 fully saturated rings. The van der Waals surface area contributed by atoms with Gasteiger partial charge in [-0.3, -0.25) is 4.79 Å². The quantitative estimate of drug-likeness (QED) is 0.651. The summed E-state index contributed by atoms with van der Waals surface area (Å²) in [6.07, 6.45) is 1.37. The Morgan fingerprint density at radius 2 is 1.93 bits per heavy atom. The number of nitrogens with zero attached hydrogens (tertiary/aromatic N) is 2. The largest absolute Gasteiger partial charge is 0.478 e. The fourth-order valence-electron chi connectivity index (χ4n) is 3.62. The molecule has 4 rings (SSSR count). The molecule has 28 heavy (non-hydrogen) atoms. The molecule has 0 aliphatic carbocycles. The van der Waals surface area contributed by atoms with Gasteiger partial charge in [-0.25, -0.2) is 9.37 Å². The lowest BCUT2D eigenvalue weighted by molar-refractivity contribution is -0.140. The predicted octanol–water partition coefficient (Wildman–Crippen LogP) is 4.53. The highest BCUT2D eigenvalue weighted by Gasteiger charge is 2.31. The van der Waals surface area contributed by atoms with E-state index >= 15 is 0 Å². The molecule has 3 aromatic rings. The zero-order chi connectivity index (χ0) is 19.5. The van der Waals surface area contributed by atoms with Crippen LogP contribution in [0.15, 0.2) is 52.9 Å². The van der Waals surface area contributed by atoms with Crippen molar-refractivity contribution in [2.24, 2.45) is 0 Å². The summed E-state index contributed by atoms with van der Waals surface area (Å²) in [5, 5.41) is 0. The second-order valence-corrected chi connectivity index (χ2v) is 7.06. The van der Waals surface area contributed by atoms with E-state index in [0.29, 0.717) is 19.5 Å². The van der Waals surface area contributed by atoms with Gasteiger partial charge >= 0.3 is 0 Å². The van der Waals surface area contributed by atoms with Crippen LogP contribution in [0.4, 0.5) is 4.39 Å². The van der Waals surface area contributed by atoms with E-state index in [4.69, 9.17) is 9.15 Å². The Hall–Kier alpha value is -2.89. The van der Waals surface area contributed by atoms with Gasteiger partial charge in [0.25, 0.3) is 5.91 Å². The summed E-state index contributed by atoms with van der Waals surface area (Å²) < 4.78 is 25.4. The highest BCUT2D eigenvalue weighted by molar-refractivity contribution is 5.81. The van der Waals surface area contributed by atoms with E-state index < -0.39 is 11.9 Å². The molecule has 0 unspecified atom stereocenters. The molecule has 0 spiro atoms. The van der Waals surface area contributed by atoms with Crippen molar-refractivity contribution in [1.29, 1.82) is 0 Å². The van der Waals surface area contributed by atoms with E-state index in [2.05, 4.69) is 4.98 Å². The van der Waals surface area contributed by atoms with Crippen LogP contribution < -0.4 is 4.74 Å². The van der Waals surface area contributed by atoms with Crippen molar-refractivity contribution in [2.75, 3.05) is 13.1 Å². The first-order valence-corrected chi connectivity index (χ1v) is 9.71. The van der Waals surface area contributed by atoms with Gasteiger partial charge < -0.3 is 14.1 Å². The molecular weight excluding hydrogens is 359 g/mol. The minimum atomic E-state index is -0.683. The SMILES string of the molecule is CC[C@@H](Oc1ccccc1F)C(=O)N1CCC(c2nc3ccccc3o2)CC1. The first kappa shape index (κ1) is 18.5. The first-order valence-electron chi connectivity index (χ1n) is 9.71. The van der Waals surface area contributed by atoms with Gasteiger partial charge in [-0.2, -0.15) is 0 Å². The van der Waals surface area contributed by atoms with E-state index in [0.717, 1.165) is 29.8 Å². The molecule has 0 radical (unpaired) electrons. The molecule has 0 bridgehead atoms. The molecule has 2 aromatic carbocycles. The molecule has 1 aliphatic heterocycles. The summed E-state index contributed by atoms with van der Waals surface area (Å²) in [4.78, 5) is 19.3. The number of oxazole rings is 1. The number of para-hydroxylation sites is 3. The number of piperidine rings is 1. The maximum Gasteiger partial charge on any atom is 0.263 e. The van der Waals surface area contributed by atoms with Crippen molar-refractivity contribution < 1.29 is 18.3 Å². The van der Waals surface area contributed by atoms with Crippen molar-refractivity contribution in [3.8, 4) is 5.75 Å². The van der Waals surface area contributed by atoms with Crippen LogP contribution in [0.25, 0.3) is 11.1 Å². The fraction of sp³-hybridized carbons (Fsp3) is 0.364. The Morgan fingerprint density at radius 1 is 1.21 bits per heavy atom. The Morgan fingerprint density at radius 3 is 2.64 bits per heavy atom. The minimum absolute atomic E-state index is 0.0956. The predicted molar refractivity (Wildman–Crippen MR) is 104 cm³/mol. The molecule has 1 aromatic heterocycles. The lowest BCUT2D eigenvalue weighted by Gasteiger charge is -2.33. The molecule has 146 valence electrons. The third-order valence-electron chi connectivity index (χ3n) is 5.22. The third-order valence-corrected chi connectivity index (χ3v) is 5.22. The molecule has 5 nitrogen and oxygen atoms in total. The molecule has 2 heterocycles. The van der Waals surface area contributed by atoms with E-state index in [1.807, 2.05) is 31.2 Å². The Balaban J connectivity index is 1.39. The zero-order valence-electron chi connectivity index (χ0n) is 15.8. The maximum absolute atomic E-state index is 13.9. The van der Waals surface area contributed by atoms with Crippen LogP contribution in [0.2, 0.25) is 0 Å². The fourth-order valence-corrected chi connectivity index (χ4v) is 3.62. The number of amides is 1. The summed E-state index contributed by atoms with van der Waals surface area (Å²) in [5.41, 5.74) is 1.65. The molecule has 1 atom stereocenters. The number of rotatable bonds is 5. The van der Waals surface area contributed by atoms with Gasteiger partial charge in [-0.15, -0.1) is 0 Å². The summed E-state index contributed by atoms with van der Waals surface area (Å²) in [6, 6.07) is 13.9. The molecule has 0 saturated carbocycles. The molecular formula is C22H23FN2O3. The summed E-state index contributed by atoms with van der Waals surface area (Å²) in [7, 11) is 0. The number of likely N-dealkylation sites (tertiary alicyclic amines) is 1. The van der Waals surface area contributed by atoms with Crippen LogP contribution in [0.3, 0.4) is 0 Å². The van der Waals surface area contributed by atoms with Gasteiger partial charge in [0, 0.05) is 19.0 Å². The number of halogens is 1. The van der Waals surface area contributed by atoms with Gasteiger partial charge in [0.05, 0.1) is 0 Å². The Labute approximate surface area is 163 Å². The number of carbonyl (C=O) groups is 1. The van der Waals surface area contributed by atoms with E-state index in [1.54, 1.807) is 23.1 Å². The van der Waals surface area contributed by atoms with E-state index in [9.17, 15) is 9.18 Å². The second-order valence-electron chi connectivity index (χ2n) is 7.06. The van der Waals surface area contributed by atoms with Crippen LogP contribution in [0.5, 0.6) is 5.75 Å². The van der Waals surface area contributed by atoms with E-state index in [1.165, 1.54) is 6.07 Å². The number of aromatic nitrogens is 1. The van der Waals surface area contributed by atoms with Gasteiger partial charge in [0.15, 0.2) is 29.1 Å². The molecule has 6 heteroatoms. The number of fused-ring (bicyclic) bond motifs is 1. The topological polar surface area (TPSA) is 55.6 Å². The molecule has 1 saturated heterocycles. The molecule has 0 N–H and O–H groups in total. The number of hydrogen-bond acceptors (Lipinski definition) is 4. The standard InChI is InChI=1S/C22H23FN2O3/c1-2-18(27-19-9-5-3-7-16(19)23)22(26)25-13-11-15(12-14-25)21-24-17-8-4-6-10-20(17)28-21/h3-10,15,18H,2,11-14H2,1H3/t18-/m1/s1. The Bertz CT molecular complexity index is 930. The van der Waals surface area contributed by atoms with Crippen molar-refractivity contribution in [3.63, 3.8) is 0 Å². The zero-order valence-corrected chi connectivity index (χ0v) is 15.8.